The molecule has 9 nitrogen and oxygen atoms in total. The Morgan fingerprint density at radius 1 is 1.29 bits per heavy atom. The summed E-state index contributed by atoms with van der Waals surface area (Å²) in [5.74, 6) is 1.54. The second kappa shape index (κ2) is 7.32. The van der Waals surface area contributed by atoms with Crippen molar-refractivity contribution in [2.45, 2.75) is 64.1 Å². The smallest absolute Gasteiger partial charge is 0.320 e. The number of nitro groups is 1. The molecule has 0 spiro atoms. The second-order valence-electron chi connectivity index (χ2n) is 9.62. The van der Waals surface area contributed by atoms with Gasteiger partial charge in [-0.15, -0.1) is 0 Å². The first-order chi connectivity index (χ1) is 14.8. The molecule has 0 unspecified atom stereocenters. The number of halogens is 1. The van der Waals surface area contributed by atoms with Gasteiger partial charge in [0.1, 0.15) is 6.20 Å². The van der Waals surface area contributed by atoms with E-state index >= 15 is 0 Å². The zero-order valence-electron chi connectivity index (χ0n) is 17.8. The van der Waals surface area contributed by atoms with Gasteiger partial charge in [-0.2, -0.15) is 10.2 Å². The van der Waals surface area contributed by atoms with Gasteiger partial charge >= 0.3 is 5.69 Å². The topological polar surface area (TPSA) is 99.1 Å². The summed E-state index contributed by atoms with van der Waals surface area (Å²) in [6.07, 6.45) is 9.86. The number of hydrogen-bond donors (Lipinski definition) is 0. The van der Waals surface area contributed by atoms with E-state index in [-0.39, 0.29) is 23.5 Å². The molecule has 1 amide bonds. The van der Waals surface area contributed by atoms with E-state index in [2.05, 4.69) is 10.2 Å². The maximum Gasteiger partial charge on any atom is 0.320 e. The van der Waals surface area contributed by atoms with Crippen LogP contribution in [0.1, 0.15) is 61.6 Å². The fourth-order valence-corrected chi connectivity index (χ4v) is 6.73. The highest BCUT2D eigenvalue weighted by Gasteiger charge is 2.53. The van der Waals surface area contributed by atoms with Gasteiger partial charge in [-0.05, 0) is 63.2 Å². The van der Waals surface area contributed by atoms with Crippen LogP contribution in [0.3, 0.4) is 0 Å². The minimum Gasteiger partial charge on any atom is -0.334 e. The molecular formula is C21H27ClN6O3. The molecule has 2 heterocycles. The first-order valence-electron chi connectivity index (χ1n) is 11.0. The molecule has 2 aromatic rings. The number of aromatic nitrogens is 4. The van der Waals surface area contributed by atoms with E-state index in [1.54, 1.807) is 22.6 Å². The highest BCUT2D eigenvalue weighted by molar-refractivity contribution is 6.31. The molecule has 4 bridgehead atoms. The summed E-state index contributed by atoms with van der Waals surface area (Å²) in [4.78, 5) is 26.0. The quantitative estimate of drug-likeness (QED) is 0.495. The van der Waals surface area contributed by atoms with Crippen molar-refractivity contribution in [2.75, 3.05) is 7.05 Å². The van der Waals surface area contributed by atoms with Crippen molar-refractivity contribution in [3.63, 3.8) is 0 Å². The molecule has 4 saturated carbocycles. The highest BCUT2D eigenvalue weighted by Crippen LogP contribution is 2.58. The molecule has 6 rings (SSSR count). The maximum absolute atomic E-state index is 13.2. The summed E-state index contributed by atoms with van der Waals surface area (Å²) in [5.41, 5.74) is 0.202. The average molecular weight is 447 g/mol. The van der Waals surface area contributed by atoms with Crippen LogP contribution in [0.25, 0.3) is 0 Å². The van der Waals surface area contributed by atoms with E-state index in [1.807, 2.05) is 6.92 Å². The van der Waals surface area contributed by atoms with E-state index in [0.717, 1.165) is 19.3 Å². The van der Waals surface area contributed by atoms with Crippen LogP contribution < -0.4 is 0 Å². The minimum atomic E-state index is -0.492. The first kappa shape index (κ1) is 20.5. The van der Waals surface area contributed by atoms with Crippen LogP contribution in [-0.4, -0.2) is 42.3 Å². The number of nitrogens with zero attached hydrogens (tertiary/aromatic N) is 6. The fourth-order valence-electron chi connectivity index (χ4n) is 6.53. The van der Waals surface area contributed by atoms with Gasteiger partial charge in [0.2, 0.25) is 5.69 Å². The van der Waals surface area contributed by atoms with Crippen molar-refractivity contribution in [3.05, 3.63) is 38.9 Å². The van der Waals surface area contributed by atoms with E-state index < -0.39 is 10.8 Å². The van der Waals surface area contributed by atoms with Gasteiger partial charge in [0.25, 0.3) is 5.91 Å². The molecule has 4 aliphatic carbocycles. The van der Waals surface area contributed by atoms with Gasteiger partial charge in [0, 0.05) is 13.6 Å². The zero-order chi connectivity index (χ0) is 21.9. The summed E-state index contributed by atoms with van der Waals surface area (Å²) in [6, 6.07) is 0. The van der Waals surface area contributed by atoms with Crippen LogP contribution in [-0.2, 0) is 18.6 Å². The molecule has 10 heteroatoms. The van der Waals surface area contributed by atoms with Gasteiger partial charge in [0.15, 0.2) is 0 Å². The summed E-state index contributed by atoms with van der Waals surface area (Å²) >= 11 is 6.23. The van der Waals surface area contributed by atoms with Crippen molar-refractivity contribution >= 4 is 23.2 Å². The monoisotopic (exact) mass is 446 g/mol. The van der Waals surface area contributed by atoms with Crippen LogP contribution in [0.5, 0.6) is 0 Å². The standard InChI is InChI=1S/C21H27ClN6O3/c1-3-26-17(16(22)10-23-26)11-25(2)20(29)19-18(28(30)31)12-27(24-19)21-7-13-4-14(8-21)6-15(5-13)9-21/h10,12-15H,3-9,11H2,1-2H3. The normalized spacial score (nSPS) is 28.8. The van der Waals surface area contributed by atoms with Gasteiger partial charge in [-0.3, -0.25) is 24.3 Å². The Morgan fingerprint density at radius 3 is 2.45 bits per heavy atom. The minimum absolute atomic E-state index is 0.0954. The molecule has 31 heavy (non-hydrogen) atoms. The molecule has 0 N–H and O–H groups in total. The number of aryl methyl sites for hydroxylation is 1. The lowest BCUT2D eigenvalue weighted by Crippen LogP contribution is -2.52. The zero-order valence-corrected chi connectivity index (χ0v) is 18.6. The number of hydrogen-bond acceptors (Lipinski definition) is 5. The summed E-state index contributed by atoms with van der Waals surface area (Å²) < 4.78 is 3.49. The molecule has 0 radical (unpaired) electrons. The second-order valence-corrected chi connectivity index (χ2v) is 10.0. The lowest BCUT2D eigenvalue weighted by atomic mass is 9.53. The van der Waals surface area contributed by atoms with Crippen molar-refractivity contribution in [1.82, 2.24) is 24.5 Å². The Balaban J connectivity index is 1.45. The SMILES string of the molecule is CCn1ncc(Cl)c1CN(C)C(=O)c1nn(C23CC4CC(CC(C4)C2)C3)cc1[N+](=O)[O-]. The molecule has 0 saturated heterocycles. The Hall–Kier alpha value is -2.42. The maximum atomic E-state index is 13.2. The molecule has 0 aliphatic heterocycles. The fraction of sp³-hybridized carbons (Fsp3) is 0.667. The van der Waals surface area contributed by atoms with Gasteiger partial charge in [0.05, 0.1) is 33.9 Å². The molecule has 4 aliphatic rings. The Bertz CT molecular complexity index is 1010. The van der Waals surface area contributed by atoms with E-state index in [1.165, 1.54) is 30.4 Å². The molecule has 0 atom stereocenters. The van der Waals surface area contributed by atoms with Gasteiger partial charge in [-0.25, -0.2) is 0 Å². The summed E-state index contributed by atoms with van der Waals surface area (Å²) in [6.45, 7) is 2.75. The molecular weight excluding hydrogens is 420 g/mol. The van der Waals surface area contributed by atoms with Crippen LogP contribution >= 0.6 is 11.6 Å². The molecule has 166 valence electrons. The lowest BCUT2D eigenvalue weighted by molar-refractivity contribution is -0.385. The first-order valence-corrected chi connectivity index (χ1v) is 11.4. The molecule has 0 aromatic carbocycles. The largest absolute Gasteiger partial charge is 0.334 e. The van der Waals surface area contributed by atoms with E-state index in [9.17, 15) is 14.9 Å². The van der Waals surface area contributed by atoms with Crippen molar-refractivity contribution < 1.29 is 9.72 Å². The van der Waals surface area contributed by atoms with Crippen molar-refractivity contribution in [3.8, 4) is 0 Å². The number of rotatable bonds is 6. The van der Waals surface area contributed by atoms with Crippen LogP contribution in [0, 0.1) is 27.9 Å². The summed E-state index contributed by atoms with van der Waals surface area (Å²) in [5, 5.41) is 21.0. The van der Waals surface area contributed by atoms with Crippen molar-refractivity contribution in [2.24, 2.45) is 17.8 Å². The Morgan fingerprint density at radius 2 is 1.90 bits per heavy atom. The van der Waals surface area contributed by atoms with E-state index in [4.69, 9.17) is 11.6 Å². The van der Waals surface area contributed by atoms with Crippen molar-refractivity contribution in [1.29, 1.82) is 0 Å². The predicted molar refractivity (Wildman–Crippen MR) is 114 cm³/mol. The van der Waals surface area contributed by atoms with E-state index in [0.29, 0.717) is 35.0 Å². The third-order valence-corrected chi connectivity index (χ3v) is 7.83. The third kappa shape index (κ3) is 3.33. The van der Waals surface area contributed by atoms with Gasteiger partial charge in [-0.1, -0.05) is 11.6 Å². The Kier molecular flexibility index (Phi) is 4.84. The van der Waals surface area contributed by atoms with Crippen LogP contribution in [0.15, 0.2) is 12.4 Å². The average Bonchev–Trinajstić information content (AvgIpc) is 3.31. The number of carbonyl (C=O) groups excluding carboxylic acids is 1. The third-order valence-electron chi connectivity index (χ3n) is 7.52. The molecule has 2 aromatic heterocycles. The van der Waals surface area contributed by atoms with Gasteiger partial charge < -0.3 is 4.90 Å². The predicted octanol–water partition coefficient (Wildman–Crippen LogP) is 3.86. The van der Waals surface area contributed by atoms with Crippen LogP contribution in [0.4, 0.5) is 5.69 Å². The number of carbonyl (C=O) groups is 1. The Labute approximate surface area is 185 Å². The lowest BCUT2D eigenvalue weighted by Gasteiger charge is -2.56. The summed E-state index contributed by atoms with van der Waals surface area (Å²) in [7, 11) is 1.61. The highest BCUT2D eigenvalue weighted by atomic mass is 35.5. The van der Waals surface area contributed by atoms with Crippen LogP contribution in [0.2, 0.25) is 5.02 Å². The number of amides is 1. The molecule has 4 fully saturated rings.